The first-order valence-electron chi connectivity index (χ1n) is 9.27. The number of likely N-dealkylation sites (tertiary alicyclic amines) is 1. The van der Waals surface area contributed by atoms with E-state index in [1.165, 1.54) is 0 Å². The Hall–Kier alpha value is -1.73. The van der Waals surface area contributed by atoms with E-state index in [0.717, 1.165) is 38.2 Å². The molecule has 1 atom stereocenters. The molecule has 26 heavy (non-hydrogen) atoms. The normalized spacial score (nSPS) is 22.4. The number of rotatable bonds is 4. The number of ether oxygens (including phenoxy) is 1. The third kappa shape index (κ3) is 3.30. The number of carbonyl (C=O) groups excluding carboxylic acids is 1. The molecule has 4 heterocycles. The number of thiophene rings is 1. The molecular weight excluding hydrogens is 350 g/mol. The molecule has 4 rings (SSSR count). The third-order valence-corrected chi connectivity index (χ3v) is 6.40. The van der Waals surface area contributed by atoms with E-state index in [1.807, 2.05) is 35.6 Å². The average Bonchev–Trinajstić information content (AvgIpc) is 3.35. The zero-order chi connectivity index (χ0) is 18.1. The Morgan fingerprint density at radius 1 is 1.38 bits per heavy atom. The molecule has 6 nitrogen and oxygen atoms in total. The zero-order valence-electron chi connectivity index (χ0n) is 15.3. The maximum Gasteiger partial charge on any atom is 0.227 e. The van der Waals surface area contributed by atoms with Crippen LogP contribution >= 0.6 is 11.3 Å². The van der Waals surface area contributed by atoms with Gasteiger partial charge in [-0.05, 0) is 35.2 Å². The van der Waals surface area contributed by atoms with E-state index in [0.29, 0.717) is 24.7 Å². The molecule has 1 amide bonds. The van der Waals surface area contributed by atoms with Gasteiger partial charge < -0.3 is 14.1 Å². The van der Waals surface area contributed by atoms with Gasteiger partial charge in [0.15, 0.2) is 0 Å². The van der Waals surface area contributed by atoms with E-state index < -0.39 is 0 Å². The highest BCUT2D eigenvalue weighted by Gasteiger charge is 2.51. The standard InChI is InChI=1S/C19H25N3O3S/c1-13(2)17-20-21-18(25-17)15-10-22(12-19(15)4-6-24-7-5-19)16(23)9-14-3-8-26-11-14/h3,8,11,13,15H,4-7,9-10,12H2,1-2H3. The molecule has 2 fully saturated rings. The van der Waals surface area contributed by atoms with Gasteiger partial charge in [-0.2, -0.15) is 11.3 Å². The highest BCUT2D eigenvalue weighted by molar-refractivity contribution is 7.08. The van der Waals surface area contributed by atoms with Gasteiger partial charge in [0.2, 0.25) is 17.7 Å². The van der Waals surface area contributed by atoms with Crippen LogP contribution in [0.5, 0.6) is 0 Å². The van der Waals surface area contributed by atoms with Crippen LogP contribution in [0.1, 0.15) is 55.9 Å². The minimum atomic E-state index is -0.0106. The van der Waals surface area contributed by atoms with Crippen molar-refractivity contribution in [2.24, 2.45) is 5.41 Å². The smallest absolute Gasteiger partial charge is 0.227 e. The van der Waals surface area contributed by atoms with Gasteiger partial charge in [-0.25, -0.2) is 0 Å². The van der Waals surface area contributed by atoms with E-state index in [4.69, 9.17) is 9.15 Å². The SMILES string of the molecule is CC(C)c1nnc(C2CN(C(=O)Cc3ccsc3)CC23CCOCC3)o1. The first kappa shape index (κ1) is 17.7. The van der Waals surface area contributed by atoms with Crippen molar-refractivity contribution in [3.63, 3.8) is 0 Å². The van der Waals surface area contributed by atoms with Gasteiger partial charge in [-0.15, -0.1) is 10.2 Å². The van der Waals surface area contributed by atoms with Gasteiger partial charge >= 0.3 is 0 Å². The van der Waals surface area contributed by atoms with Crippen molar-refractivity contribution in [3.8, 4) is 0 Å². The molecular formula is C19H25N3O3S. The van der Waals surface area contributed by atoms with E-state index >= 15 is 0 Å². The minimum absolute atomic E-state index is 0.0106. The molecule has 2 aromatic rings. The third-order valence-electron chi connectivity index (χ3n) is 5.67. The summed E-state index contributed by atoms with van der Waals surface area (Å²) in [6, 6.07) is 2.02. The second-order valence-electron chi connectivity index (χ2n) is 7.74. The molecule has 0 N–H and O–H groups in total. The molecule has 0 bridgehead atoms. The predicted octanol–water partition coefficient (Wildman–Crippen LogP) is 3.22. The topological polar surface area (TPSA) is 68.5 Å². The van der Waals surface area contributed by atoms with E-state index in [9.17, 15) is 4.79 Å². The molecule has 2 aromatic heterocycles. The van der Waals surface area contributed by atoms with Gasteiger partial charge in [0, 0.05) is 37.6 Å². The quantitative estimate of drug-likeness (QED) is 0.821. The largest absolute Gasteiger partial charge is 0.425 e. The summed E-state index contributed by atoms with van der Waals surface area (Å²) in [5.41, 5.74) is 1.08. The molecule has 1 spiro atoms. The molecule has 2 saturated heterocycles. The lowest BCUT2D eigenvalue weighted by molar-refractivity contribution is -0.130. The fourth-order valence-corrected chi connectivity index (χ4v) is 4.75. The Labute approximate surface area is 157 Å². The fourth-order valence-electron chi connectivity index (χ4n) is 4.08. The monoisotopic (exact) mass is 375 g/mol. The van der Waals surface area contributed by atoms with Gasteiger partial charge in [0.05, 0.1) is 12.3 Å². The molecule has 0 radical (unpaired) electrons. The summed E-state index contributed by atoms with van der Waals surface area (Å²) < 4.78 is 11.6. The number of hydrogen-bond acceptors (Lipinski definition) is 6. The van der Waals surface area contributed by atoms with Crippen LogP contribution in [0, 0.1) is 5.41 Å². The van der Waals surface area contributed by atoms with Crippen molar-refractivity contribution in [3.05, 3.63) is 34.2 Å². The van der Waals surface area contributed by atoms with Gasteiger partial charge in [-0.1, -0.05) is 13.8 Å². The van der Waals surface area contributed by atoms with Crippen LogP contribution in [0.25, 0.3) is 0 Å². The number of hydrogen-bond donors (Lipinski definition) is 0. The summed E-state index contributed by atoms with van der Waals surface area (Å²) in [7, 11) is 0. The van der Waals surface area contributed by atoms with Crippen molar-refractivity contribution in [1.82, 2.24) is 15.1 Å². The molecule has 0 aromatic carbocycles. The fraction of sp³-hybridized carbons (Fsp3) is 0.632. The van der Waals surface area contributed by atoms with Crippen molar-refractivity contribution >= 4 is 17.2 Å². The Bertz CT molecular complexity index is 750. The zero-order valence-corrected chi connectivity index (χ0v) is 16.1. The molecule has 2 aliphatic heterocycles. The second-order valence-corrected chi connectivity index (χ2v) is 8.52. The van der Waals surface area contributed by atoms with Gasteiger partial charge in [0.1, 0.15) is 0 Å². The van der Waals surface area contributed by atoms with Crippen LogP contribution < -0.4 is 0 Å². The Balaban J connectivity index is 1.57. The summed E-state index contributed by atoms with van der Waals surface area (Å²) in [5.74, 6) is 1.84. The van der Waals surface area contributed by atoms with Crippen LogP contribution in [-0.2, 0) is 16.0 Å². The predicted molar refractivity (Wildman–Crippen MR) is 98.2 cm³/mol. The van der Waals surface area contributed by atoms with Crippen molar-refractivity contribution in [2.45, 2.75) is 44.9 Å². The number of nitrogens with zero attached hydrogens (tertiary/aromatic N) is 3. The molecule has 2 aliphatic rings. The van der Waals surface area contributed by atoms with Crippen LogP contribution in [0.2, 0.25) is 0 Å². The molecule has 140 valence electrons. The highest BCUT2D eigenvalue weighted by Crippen LogP contribution is 2.49. The number of aromatic nitrogens is 2. The van der Waals surface area contributed by atoms with Crippen LogP contribution in [-0.4, -0.2) is 47.3 Å². The number of amides is 1. The van der Waals surface area contributed by atoms with E-state index in [2.05, 4.69) is 10.2 Å². The van der Waals surface area contributed by atoms with Gasteiger partial charge in [-0.3, -0.25) is 4.79 Å². The Morgan fingerprint density at radius 2 is 2.19 bits per heavy atom. The molecule has 0 saturated carbocycles. The Morgan fingerprint density at radius 3 is 2.85 bits per heavy atom. The first-order chi connectivity index (χ1) is 12.6. The summed E-state index contributed by atoms with van der Waals surface area (Å²) in [4.78, 5) is 14.9. The lowest BCUT2D eigenvalue weighted by Gasteiger charge is -2.36. The van der Waals surface area contributed by atoms with Crippen molar-refractivity contribution in [2.75, 3.05) is 26.3 Å². The average molecular weight is 375 g/mol. The summed E-state index contributed by atoms with van der Waals surface area (Å²) in [6.07, 6.45) is 2.32. The summed E-state index contributed by atoms with van der Waals surface area (Å²) in [5, 5.41) is 12.6. The summed E-state index contributed by atoms with van der Waals surface area (Å²) >= 11 is 1.63. The summed E-state index contributed by atoms with van der Waals surface area (Å²) in [6.45, 7) is 6.97. The van der Waals surface area contributed by atoms with E-state index in [-0.39, 0.29) is 23.2 Å². The van der Waals surface area contributed by atoms with Crippen molar-refractivity contribution < 1.29 is 13.9 Å². The second kappa shape index (κ2) is 7.12. The Kier molecular flexibility index (Phi) is 4.84. The van der Waals surface area contributed by atoms with Crippen LogP contribution in [0.3, 0.4) is 0 Å². The van der Waals surface area contributed by atoms with Crippen LogP contribution in [0.4, 0.5) is 0 Å². The van der Waals surface area contributed by atoms with E-state index in [1.54, 1.807) is 11.3 Å². The van der Waals surface area contributed by atoms with Crippen LogP contribution in [0.15, 0.2) is 21.2 Å². The highest BCUT2D eigenvalue weighted by atomic mass is 32.1. The lowest BCUT2D eigenvalue weighted by atomic mass is 9.72. The maximum atomic E-state index is 12.9. The lowest BCUT2D eigenvalue weighted by Crippen LogP contribution is -2.37. The molecule has 1 unspecified atom stereocenters. The minimum Gasteiger partial charge on any atom is -0.425 e. The maximum absolute atomic E-state index is 12.9. The molecule has 0 aliphatic carbocycles. The molecule has 7 heteroatoms. The van der Waals surface area contributed by atoms with Crippen molar-refractivity contribution in [1.29, 1.82) is 0 Å². The van der Waals surface area contributed by atoms with Gasteiger partial charge in [0.25, 0.3) is 0 Å². The first-order valence-corrected chi connectivity index (χ1v) is 10.2. The number of carbonyl (C=O) groups is 1.